The van der Waals surface area contributed by atoms with E-state index in [2.05, 4.69) is 15.6 Å². The fourth-order valence-electron chi connectivity index (χ4n) is 1.90. The van der Waals surface area contributed by atoms with Crippen molar-refractivity contribution in [2.75, 3.05) is 13.7 Å². The minimum atomic E-state index is -0.222. The van der Waals surface area contributed by atoms with Crippen LogP contribution in [0.25, 0.3) is 0 Å². The fraction of sp³-hybridized carbons (Fsp3) is 0.357. The summed E-state index contributed by atoms with van der Waals surface area (Å²) in [7, 11) is 1.40. The second-order valence-electron chi connectivity index (χ2n) is 4.36. The SMILES string of the molecule is COC(=O)Cc1ccccc1CNCCn1ccnn1. The van der Waals surface area contributed by atoms with Crippen LogP contribution in [-0.4, -0.2) is 34.6 Å². The number of esters is 1. The van der Waals surface area contributed by atoms with E-state index in [1.54, 1.807) is 10.9 Å². The lowest BCUT2D eigenvalue weighted by Gasteiger charge is -2.10. The average molecular weight is 274 g/mol. The number of nitrogens with zero attached hydrogens (tertiary/aromatic N) is 3. The van der Waals surface area contributed by atoms with E-state index in [9.17, 15) is 4.79 Å². The summed E-state index contributed by atoms with van der Waals surface area (Å²) >= 11 is 0. The molecule has 0 bridgehead atoms. The van der Waals surface area contributed by atoms with Crippen LogP contribution in [0.4, 0.5) is 0 Å². The first-order valence-corrected chi connectivity index (χ1v) is 6.48. The highest BCUT2D eigenvalue weighted by Gasteiger charge is 2.07. The van der Waals surface area contributed by atoms with Gasteiger partial charge >= 0.3 is 5.97 Å². The lowest BCUT2D eigenvalue weighted by molar-refractivity contribution is -0.139. The third-order valence-electron chi connectivity index (χ3n) is 2.99. The molecule has 6 nitrogen and oxygen atoms in total. The summed E-state index contributed by atoms with van der Waals surface area (Å²) in [5, 5.41) is 11.0. The van der Waals surface area contributed by atoms with Crippen molar-refractivity contribution in [3.63, 3.8) is 0 Å². The lowest BCUT2D eigenvalue weighted by atomic mass is 10.0. The number of hydrogen-bond acceptors (Lipinski definition) is 5. The Morgan fingerprint density at radius 1 is 1.35 bits per heavy atom. The molecule has 0 saturated carbocycles. The van der Waals surface area contributed by atoms with Gasteiger partial charge in [0.15, 0.2) is 0 Å². The molecule has 0 saturated heterocycles. The number of ether oxygens (including phenoxy) is 1. The van der Waals surface area contributed by atoms with Crippen LogP contribution in [0.3, 0.4) is 0 Å². The molecule has 1 N–H and O–H groups in total. The predicted octanol–water partition coefficient (Wildman–Crippen LogP) is 0.783. The van der Waals surface area contributed by atoms with Crippen molar-refractivity contribution in [2.45, 2.75) is 19.5 Å². The van der Waals surface area contributed by atoms with E-state index >= 15 is 0 Å². The molecular weight excluding hydrogens is 256 g/mol. The smallest absolute Gasteiger partial charge is 0.309 e. The van der Waals surface area contributed by atoms with Crippen molar-refractivity contribution in [2.24, 2.45) is 0 Å². The largest absolute Gasteiger partial charge is 0.469 e. The van der Waals surface area contributed by atoms with Gasteiger partial charge in [0.25, 0.3) is 0 Å². The zero-order valence-electron chi connectivity index (χ0n) is 11.5. The Morgan fingerprint density at radius 2 is 2.15 bits per heavy atom. The monoisotopic (exact) mass is 274 g/mol. The van der Waals surface area contributed by atoms with Gasteiger partial charge in [-0.15, -0.1) is 5.10 Å². The molecule has 1 aromatic carbocycles. The molecule has 1 heterocycles. The van der Waals surface area contributed by atoms with E-state index in [1.165, 1.54) is 7.11 Å². The average Bonchev–Trinajstić information content (AvgIpc) is 2.98. The second-order valence-corrected chi connectivity index (χ2v) is 4.36. The highest BCUT2D eigenvalue weighted by atomic mass is 16.5. The summed E-state index contributed by atoms with van der Waals surface area (Å²) in [5.41, 5.74) is 2.10. The summed E-state index contributed by atoms with van der Waals surface area (Å²) in [6.07, 6.45) is 3.79. The molecule has 0 spiro atoms. The number of methoxy groups -OCH3 is 1. The van der Waals surface area contributed by atoms with Gasteiger partial charge in [0.2, 0.25) is 0 Å². The summed E-state index contributed by atoms with van der Waals surface area (Å²) < 4.78 is 6.48. The maximum absolute atomic E-state index is 11.4. The predicted molar refractivity (Wildman–Crippen MR) is 73.9 cm³/mol. The molecule has 0 fully saturated rings. The van der Waals surface area contributed by atoms with Gasteiger partial charge in [-0.1, -0.05) is 29.5 Å². The number of hydrogen-bond donors (Lipinski definition) is 1. The van der Waals surface area contributed by atoms with E-state index in [-0.39, 0.29) is 5.97 Å². The Kier molecular flexibility index (Phi) is 5.25. The van der Waals surface area contributed by atoms with Gasteiger partial charge in [-0.25, -0.2) is 0 Å². The Labute approximate surface area is 117 Å². The van der Waals surface area contributed by atoms with Crippen molar-refractivity contribution in [1.29, 1.82) is 0 Å². The zero-order valence-corrected chi connectivity index (χ0v) is 11.5. The van der Waals surface area contributed by atoms with Crippen molar-refractivity contribution in [3.8, 4) is 0 Å². The van der Waals surface area contributed by atoms with E-state index in [0.29, 0.717) is 13.0 Å². The quantitative estimate of drug-likeness (QED) is 0.597. The molecule has 0 aliphatic rings. The van der Waals surface area contributed by atoms with Crippen LogP contribution in [0.5, 0.6) is 0 Å². The van der Waals surface area contributed by atoms with Crippen molar-refractivity contribution >= 4 is 5.97 Å². The van der Waals surface area contributed by atoms with Crippen molar-refractivity contribution in [3.05, 3.63) is 47.8 Å². The van der Waals surface area contributed by atoms with Gasteiger partial charge in [-0.05, 0) is 11.1 Å². The molecule has 0 amide bonds. The Balaban J connectivity index is 1.84. The third-order valence-corrected chi connectivity index (χ3v) is 2.99. The number of aromatic nitrogens is 3. The number of carbonyl (C=O) groups is 1. The molecule has 0 atom stereocenters. The fourth-order valence-corrected chi connectivity index (χ4v) is 1.90. The molecular formula is C14H18N4O2. The van der Waals surface area contributed by atoms with E-state index in [4.69, 9.17) is 4.74 Å². The van der Waals surface area contributed by atoms with E-state index < -0.39 is 0 Å². The molecule has 6 heteroatoms. The maximum atomic E-state index is 11.4. The summed E-state index contributed by atoms with van der Waals surface area (Å²) in [4.78, 5) is 11.4. The summed E-state index contributed by atoms with van der Waals surface area (Å²) in [6, 6.07) is 7.86. The van der Waals surface area contributed by atoms with Crippen LogP contribution < -0.4 is 5.32 Å². The normalized spacial score (nSPS) is 10.4. The molecule has 0 radical (unpaired) electrons. The molecule has 0 aliphatic carbocycles. The van der Waals surface area contributed by atoms with Crippen LogP contribution >= 0.6 is 0 Å². The topological polar surface area (TPSA) is 69.0 Å². The van der Waals surface area contributed by atoms with Crippen LogP contribution in [0.2, 0.25) is 0 Å². The number of benzene rings is 1. The van der Waals surface area contributed by atoms with Gasteiger partial charge in [-0.3, -0.25) is 9.48 Å². The highest BCUT2D eigenvalue weighted by Crippen LogP contribution is 2.09. The van der Waals surface area contributed by atoms with Crippen LogP contribution in [0.1, 0.15) is 11.1 Å². The molecule has 1 aromatic heterocycles. The van der Waals surface area contributed by atoms with Crippen LogP contribution in [-0.2, 0) is 29.0 Å². The minimum Gasteiger partial charge on any atom is -0.469 e. The summed E-state index contributed by atoms with van der Waals surface area (Å²) in [5.74, 6) is -0.222. The molecule has 20 heavy (non-hydrogen) atoms. The number of nitrogens with one attached hydrogen (secondary N) is 1. The number of rotatable bonds is 7. The van der Waals surface area contributed by atoms with Crippen LogP contribution in [0, 0.1) is 0 Å². The molecule has 106 valence electrons. The molecule has 0 unspecified atom stereocenters. The van der Waals surface area contributed by atoms with E-state index in [1.807, 2.05) is 30.5 Å². The van der Waals surface area contributed by atoms with Crippen LogP contribution in [0.15, 0.2) is 36.7 Å². The molecule has 2 rings (SSSR count). The second kappa shape index (κ2) is 7.40. The van der Waals surface area contributed by atoms with E-state index in [0.717, 1.165) is 24.2 Å². The maximum Gasteiger partial charge on any atom is 0.309 e. The van der Waals surface area contributed by atoms with Crippen molar-refractivity contribution in [1.82, 2.24) is 20.3 Å². The van der Waals surface area contributed by atoms with Gasteiger partial charge in [0.1, 0.15) is 0 Å². The van der Waals surface area contributed by atoms with Gasteiger partial charge in [0, 0.05) is 19.3 Å². The Bertz CT molecular complexity index is 540. The van der Waals surface area contributed by atoms with Crippen molar-refractivity contribution < 1.29 is 9.53 Å². The zero-order chi connectivity index (χ0) is 14.2. The minimum absolute atomic E-state index is 0.222. The molecule has 2 aromatic rings. The highest BCUT2D eigenvalue weighted by molar-refractivity contribution is 5.72. The van der Waals surface area contributed by atoms with Gasteiger partial charge < -0.3 is 10.1 Å². The first-order chi connectivity index (χ1) is 9.79. The first-order valence-electron chi connectivity index (χ1n) is 6.48. The first kappa shape index (κ1) is 14.2. The van der Waals surface area contributed by atoms with Gasteiger partial charge in [-0.2, -0.15) is 0 Å². The Morgan fingerprint density at radius 3 is 2.85 bits per heavy atom. The van der Waals surface area contributed by atoms with Gasteiger partial charge in [0.05, 0.1) is 26.3 Å². The standard InChI is InChI=1S/C14H18N4O2/c1-20-14(19)10-12-4-2-3-5-13(12)11-15-6-8-18-9-7-16-17-18/h2-5,7,9,15H,6,8,10-11H2,1H3. The third kappa shape index (κ3) is 4.17. The summed E-state index contributed by atoms with van der Waals surface area (Å²) in [6.45, 7) is 2.26. The number of carbonyl (C=O) groups excluding carboxylic acids is 1. The Hall–Kier alpha value is -2.21. The lowest BCUT2D eigenvalue weighted by Crippen LogP contribution is -2.21. The molecule has 0 aliphatic heterocycles.